The van der Waals surface area contributed by atoms with Crippen LogP contribution in [-0.2, 0) is 0 Å². The number of hydrogen-bond acceptors (Lipinski definition) is 2. The van der Waals surface area contributed by atoms with Crippen LogP contribution in [0.3, 0.4) is 0 Å². The summed E-state index contributed by atoms with van der Waals surface area (Å²) in [6, 6.07) is 2.36. The molecule has 1 fully saturated rings. The molecule has 0 atom stereocenters. The zero-order valence-corrected chi connectivity index (χ0v) is 6.66. The Morgan fingerprint density at radius 1 is 1.67 bits per heavy atom. The summed E-state index contributed by atoms with van der Waals surface area (Å²) in [6.07, 6.45) is 4.20. The zero-order valence-electron chi connectivity index (χ0n) is 5.85. The summed E-state index contributed by atoms with van der Waals surface area (Å²) in [5.74, 6) is 0.775. The zero-order chi connectivity index (χ0) is 6.91. The Balaban J connectivity index is 2.48. The van der Waals surface area contributed by atoms with Crippen molar-refractivity contribution in [2.75, 3.05) is 6.26 Å². The highest BCUT2D eigenvalue weighted by Gasteiger charge is 2.41. The monoisotopic (exact) mass is 141 g/mol. The molecule has 50 valence electrons. The largest absolute Gasteiger partial charge is 0.197 e. The number of thioether (sulfide) groups is 1. The second kappa shape index (κ2) is 2.22. The summed E-state index contributed by atoms with van der Waals surface area (Å²) < 4.78 is -0.000579. The predicted molar refractivity (Wildman–Crippen MR) is 40.3 cm³/mol. The van der Waals surface area contributed by atoms with E-state index in [-0.39, 0.29) is 4.75 Å². The van der Waals surface area contributed by atoms with Crippen molar-refractivity contribution in [3.8, 4) is 6.07 Å². The molecule has 0 aromatic heterocycles. The van der Waals surface area contributed by atoms with Crippen LogP contribution in [0.1, 0.15) is 19.8 Å². The topological polar surface area (TPSA) is 23.8 Å². The van der Waals surface area contributed by atoms with Gasteiger partial charge in [-0.1, -0.05) is 6.92 Å². The molecule has 1 aliphatic rings. The molecule has 0 aromatic carbocycles. The first-order valence-corrected chi connectivity index (χ1v) is 4.41. The van der Waals surface area contributed by atoms with Gasteiger partial charge in [0.05, 0.1) is 6.07 Å². The fourth-order valence-corrected chi connectivity index (χ4v) is 2.36. The number of hydrogen-bond donors (Lipinski definition) is 0. The van der Waals surface area contributed by atoms with E-state index in [0.717, 1.165) is 18.8 Å². The summed E-state index contributed by atoms with van der Waals surface area (Å²) in [7, 11) is 0. The predicted octanol–water partition coefficient (Wildman–Crippen LogP) is 2.04. The minimum Gasteiger partial charge on any atom is -0.197 e. The molecule has 0 unspecified atom stereocenters. The van der Waals surface area contributed by atoms with E-state index in [4.69, 9.17) is 5.26 Å². The van der Waals surface area contributed by atoms with E-state index in [0.29, 0.717) is 0 Å². The van der Waals surface area contributed by atoms with Gasteiger partial charge in [-0.25, -0.2) is 0 Å². The number of nitrogens with zero attached hydrogens (tertiary/aromatic N) is 1. The maximum absolute atomic E-state index is 8.68. The van der Waals surface area contributed by atoms with E-state index in [1.54, 1.807) is 11.8 Å². The summed E-state index contributed by atoms with van der Waals surface area (Å²) in [6.45, 7) is 2.20. The van der Waals surface area contributed by atoms with Gasteiger partial charge in [-0.3, -0.25) is 0 Å². The lowest BCUT2D eigenvalue weighted by Gasteiger charge is -2.39. The second-order valence-corrected chi connectivity index (χ2v) is 4.01. The highest BCUT2D eigenvalue weighted by atomic mass is 32.2. The van der Waals surface area contributed by atoms with Gasteiger partial charge in [0.2, 0.25) is 0 Å². The van der Waals surface area contributed by atoms with Crippen LogP contribution in [0.2, 0.25) is 0 Å². The molecule has 1 nitrogen and oxygen atoms in total. The molecule has 0 N–H and O–H groups in total. The standard InChI is InChI=1S/C7H11NS/c1-6-3-7(4-6,5-8)9-2/h6H,3-4H2,1-2H3. The van der Waals surface area contributed by atoms with Gasteiger partial charge in [0.1, 0.15) is 4.75 Å². The van der Waals surface area contributed by atoms with Gasteiger partial charge in [-0.05, 0) is 25.0 Å². The Bertz CT molecular complexity index is 141. The molecule has 1 saturated carbocycles. The first-order valence-electron chi connectivity index (χ1n) is 3.19. The molecule has 0 aromatic rings. The van der Waals surface area contributed by atoms with E-state index in [2.05, 4.69) is 13.0 Å². The normalized spacial score (nSPS) is 41.2. The van der Waals surface area contributed by atoms with Crippen LogP contribution < -0.4 is 0 Å². The van der Waals surface area contributed by atoms with Crippen molar-refractivity contribution in [1.82, 2.24) is 0 Å². The van der Waals surface area contributed by atoms with Gasteiger partial charge in [0.15, 0.2) is 0 Å². The highest BCUT2D eigenvalue weighted by molar-refractivity contribution is 8.00. The minimum atomic E-state index is -0.000579. The number of rotatable bonds is 1. The van der Waals surface area contributed by atoms with Crippen molar-refractivity contribution in [3.05, 3.63) is 0 Å². The van der Waals surface area contributed by atoms with E-state index < -0.39 is 0 Å². The Kier molecular flexibility index (Phi) is 1.72. The fraction of sp³-hybridized carbons (Fsp3) is 0.857. The molecular formula is C7H11NS. The molecule has 0 amide bonds. The van der Waals surface area contributed by atoms with Crippen LogP contribution >= 0.6 is 11.8 Å². The highest BCUT2D eigenvalue weighted by Crippen LogP contribution is 2.45. The van der Waals surface area contributed by atoms with Crippen molar-refractivity contribution < 1.29 is 0 Å². The lowest BCUT2D eigenvalue weighted by molar-refractivity contribution is 0.304. The minimum absolute atomic E-state index is 0.000579. The van der Waals surface area contributed by atoms with Crippen LogP contribution in [0.5, 0.6) is 0 Å². The Morgan fingerprint density at radius 2 is 2.22 bits per heavy atom. The molecule has 1 aliphatic carbocycles. The molecule has 0 aliphatic heterocycles. The van der Waals surface area contributed by atoms with Crippen molar-refractivity contribution >= 4 is 11.8 Å². The van der Waals surface area contributed by atoms with Crippen molar-refractivity contribution in [2.45, 2.75) is 24.5 Å². The number of nitriles is 1. The molecule has 0 saturated heterocycles. The second-order valence-electron chi connectivity index (χ2n) is 2.82. The molecule has 0 radical (unpaired) electrons. The molecule has 9 heavy (non-hydrogen) atoms. The van der Waals surface area contributed by atoms with Gasteiger partial charge in [-0.2, -0.15) is 5.26 Å². The summed E-state index contributed by atoms with van der Waals surface area (Å²) in [4.78, 5) is 0. The van der Waals surface area contributed by atoms with E-state index in [9.17, 15) is 0 Å². The summed E-state index contributed by atoms with van der Waals surface area (Å²) in [5.41, 5.74) is 0. The summed E-state index contributed by atoms with van der Waals surface area (Å²) in [5, 5.41) is 8.68. The van der Waals surface area contributed by atoms with Crippen LogP contribution in [0, 0.1) is 17.2 Å². The van der Waals surface area contributed by atoms with Crippen LogP contribution in [0.4, 0.5) is 0 Å². The maximum atomic E-state index is 8.68. The Labute approximate surface area is 60.4 Å². The van der Waals surface area contributed by atoms with Crippen molar-refractivity contribution in [3.63, 3.8) is 0 Å². The molecular weight excluding hydrogens is 130 g/mol. The van der Waals surface area contributed by atoms with Crippen LogP contribution in [0.15, 0.2) is 0 Å². The quantitative estimate of drug-likeness (QED) is 0.558. The lowest BCUT2D eigenvalue weighted by atomic mass is 9.76. The smallest absolute Gasteiger partial charge is 0.103 e. The summed E-state index contributed by atoms with van der Waals surface area (Å²) >= 11 is 1.70. The van der Waals surface area contributed by atoms with Gasteiger partial charge in [-0.15, -0.1) is 11.8 Å². The molecule has 0 heterocycles. The Hall–Kier alpha value is -0.160. The van der Waals surface area contributed by atoms with Gasteiger partial charge in [0.25, 0.3) is 0 Å². The molecule has 0 bridgehead atoms. The van der Waals surface area contributed by atoms with E-state index >= 15 is 0 Å². The van der Waals surface area contributed by atoms with Crippen LogP contribution in [-0.4, -0.2) is 11.0 Å². The average molecular weight is 141 g/mol. The average Bonchev–Trinajstić information content (AvgIpc) is 1.81. The van der Waals surface area contributed by atoms with Gasteiger partial charge < -0.3 is 0 Å². The van der Waals surface area contributed by atoms with Crippen LogP contribution in [0.25, 0.3) is 0 Å². The third-order valence-corrected chi connectivity index (χ3v) is 3.16. The maximum Gasteiger partial charge on any atom is 0.103 e. The van der Waals surface area contributed by atoms with Gasteiger partial charge in [0, 0.05) is 0 Å². The SMILES string of the molecule is CSC1(C#N)CC(C)C1. The lowest BCUT2D eigenvalue weighted by Crippen LogP contribution is -2.37. The third-order valence-electron chi connectivity index (χ3n) is 1.95. The van der Waals surface area contributed by atoms with Crippen molar-refractivity contribution in [1.29, 1.82) is 5.26 Å². The van der Waals surface area contributed by atoms with E-state index in [1.807, 2.05) is 6.26 Å². The fourth-order valence-electron chi connectivity index (χ4n) is 1.37. The molecule has 1 rings (SSSR count). The Morgan fingerprint density at radius 3 is 2.33 bits per heavy atom. The van der Waals surface area contributed by atoms with Gasteiger partial charge >= 0.3 is 0 Å². The first kappa shape index (κ1) is 6.95. The van der Waals surface area contributed by atoms with Crippen molar-refractivity contribution in [2.24, 2.45) is 5.92 Å². The first-order chi connectivity index (χ1) is 4.22. The third kappa shape index (κ3) is 1.07. The molecule has 2 heteroatoms. The molecule has 0 spiro atoms. The van der Waals surface area contributed by atoms with E-state index in [1.165, 1.54) is 0 Å².